The van der Waals surface area contributed by atoms with Gasteiger partial charge < -0.3 is 10.6 Å². The van der Waals surface area contributed by atoms with E-state index in [4.69, 9.17) is 0 Å². The Morgan fingerprint density at radius 2 is 2.03 bits per heavy atom. The number of hydrogen-bond donors (Lipinski definition) is 3. The van der Waals surface area contributed by atoms with Gasteiger partial charge in [0.1, 0.15) is 6.17 Å². The summed E-state index contributed by atoms with van der Waals surface area (Å²) in [5.41, 5.74) is 5.09. The van der Waals surface area contributed by atoms with Crippen LogP contribution in [0.1, 0.15) is 44.6 Å². The maximum absolute atomic E-state index is 12.8. The van der Waals surface area contributed by atoms with Crippen molar-refractivity contribution in [2.45, 2.75) is 68.7 Å². The molecular weight excluding hydrogens is 428 g/mol. The average molecular weight is 459 g/mol. The Morgan fingerprint density at radius 1 is 1.22 bits per heavy atom. The Kier molecular flexibility index (Phi) is 5.61. The first-order valence-corrected chi connectivity index (χ1v) is 13.0. The summed E-state index contributed by atoms with van der Waals surface area (Å²) in [5.74, 6) is -0.307. The molecule has 5 atom stereocenters. The number of fused-ring (bicyclic) bond motifs is 2. The minimum Gasteiger partial charge on any atom is -0.368 e. The van der Waals surface area contributed by atoms with E-state index in [-0.39, 0.29) is 36.0 Å². The summed E-state index contributed by atoms with van der Waals surface area (Å²) < 4.78 is 26.6. The van der Waals surface area contributed by atoms with Crippen LogP contribution in [0.4, 0.5) is 5.69 Å². The van der Waals surface area contributed by atoms with Crippen LogP contribution in [0.25, 0.3) is 0 Å². The van der Waals surface area contributed by atoms with Gasteiger partial charge in [0.25, 0.3) is 0 Å². The molecule has 0 radical (unpaired) electrons. The lowest BCUT2D eigenvalue weighted by atomic mass is 9.83. The van der Waals surface area contributed by atoms with Crippen molar-refractivity contribution in [3.8, 4) is 6.07 Å². The molecule has 9 nitrogen and oxygen atoms in total. The molecule has 1 aliphatic carbocycles. The van der Waals surface area contributed by atoms with Gasteiger partial charge >= 0.3 is 0 Å². The van der Waals surface area contributed by atoms with Gasteiger partial charge in [0, 0.05) is 37.4 Å². The van der Waals surface area contributed by atoms with Gasteiger partial charge in [0.2, 0.25) is 15.9 Å². The molecule has 3 N–H and O–H groups in total. The van der Waals surface area contributed by atoms with Crippen molar-refractivity contribution in [2.75, 3.05) is 18.4 Å². The molecule has 32 heavy (non-hydrogen) atoms. The fourth-order valence-electron chi connectivity index (χ4n) is 5.82. The molecule has 10 heteroatoms. The summed E-state index contributed by atoms with van der Waals surface area (Å²) in [7, 11) is -3.41. The molecule has 172 valence electrons. The van der Waals surface area contributed by atoms with Gasteiger partial charge in [-0.2, -0.15) is 9.57 Å². The largest absolute Gasteiger partial charge is 0.368 e. The van der Waals surface area contributed by atoms with Gasteiger partial charge in [-0.25, -0.2) is 18.9 Å². The zero-order chi connectivity index (χ0) is 22.5. The molecule has 1 aromatic carbocycles. The Balaban J connectivity index is 1.40. The molecule has 3 fully saturated rings. The van der Waals surface area contributed by atoms with Crippen molar-refractivity contribution < 1.29 is 13.2 Å². The third kappa shape index (κ3) is 3.48. The molecule has 4 aliphatic rings. The summed E-state index contributed by atoms with van der Waals surface area (Å²) in [4.78, 5) is 13.2. The first-order valence-electron chi connectivity index (χ1n) is 11.6. The maximum Gasteiger partial charge on any atom is 0.243 e. The van der Waals surface area contributed by atoms with Crippen LogP contribution in [-0.4, -0.2) is 55.0 Å². The van der Waals surface area contributed by atoms with E-state index in [0.29, 0.717) is 24.5 Å². The molecule has 2 saturated heterocycles. The molecule has 1 amide bonds. The molecular formula is C22H30N6O3S. The number of nitrogens with zero attached hydrogens (tertiary/aromatic N) is 3. The Morgan fingerprint density at radius 3 is 2.81 bits per heavy atom. The minimum absolute atomic E-state index is 0.0129. The SMILES string of the molecule is CCN1Cc2cc(NC3NN([C@H]4CCCC[C@@H]4C#N)C4CCNC(=O)C34)ccc2S1(=O)=O. The van der Waals surface area contributed by atoms with Crippen LogP contribution in [0.15, 0.2) is 23.1 Å². The van der Waals surface area contributed by atoms with Crippen LogP contribution in [0.2, 0.25) is 0 Å². The highest BCUT2D eigenvalue weighted by Gasteiger charge is 2.51. The molecule has 5 rings (SSSR count). The number of hydrazine groups is 1. The second-order valence-corrected chi connectivity index (χ2v) is 11.1. The van der Waals surface area contributed by atoms with E-state index in [2.05, 4.69) is 27.1 Å². The number of sulfonamides is 1. The smallest absolute Gasteiger partial charge is 0.243 e. The number of anilines is 1. The Bertz CT molecular complexity index is 1050. The number of rotatable bonds is 4. The number of nitrogens with one attached hydrogen (secondary N) is 3. The van der Waals surface area contributed by atoms with E-state index in [1.54, 1.807) is 12.1 Å². The second kappa shape index (κ2) is 8.30. The van der Waals surface area contributed by atoms with Gasteiger partial charge in [-0.05, 0) is 43.0 Å². The van der Waals surface area contributed by atoms with E-state index in [1.807, 2.05) is 13.0 Å². The number of carbonyl (C=O) groups is 1. The van der Waals surface area contributed by atoms with Crippen molar-refractivity contribution in [3.63, 3.8) is 0 Å². The number of hydrogen-bond acceptors (Lipinski definition) is 7. The fraction of sp³-hybridized carbons (Fsp3) is 0.636. The molecule has 0 aromatic heterocycles. The highest BCUT2D eigenvalue weighted by Crippen LogP contribution is 2.37. The van der Waals surface area contributed by atoms with E-state index in [1.165, 1.54) is 4.31 Å². The highest BCUT2D eigenvalue weighted by molar-refractivity contribution is 7.89. The maximum atomic E-state index is 12.8. The number of nitriles is 1. The first-order chi connectivity index (χ1) is 15.4. The fourth-order valence-corrected chi connectivity index (χ4v) is 7.44. The van der Waals surface area contributed by atoms with Gasteiger partial charge in [0.05, 0.1) is 22.8 Å². The van der Waals surface area contributed by atoms with Gasteiger partial charge in [-0.3, -0.25) is 4.79 Å². The van der Waals surface area contributed by atoms with Gasteiger partial charge in [-0.15, -0.1) is 0 Å². The third-order valence-corrected chi connectivity index (χ3v) is 9.43. The number of piperidine rings is 1. The third-order valence-electron chi connectivity index (χ3n) is 7.41. The summed E-state index contributed by atoms with van der Waals surface area (Å²) in [5, 5.41) is 18.3. The average Bonchev–Trinajstić information content (AvgIpc) is 3.28. The van der Waals surface area contributed by atoms with Gasteiger partial charge in [0.15, 0.2) is 0 Å². The molecule has 1 saturated carbocycles. The minimum atomic E-state index is -3.41. The lowest BCUT2D eigenvalue weighted by Crippen LogP contribution is -2.54. The van der Waals surface area contributed by atoms with Crippen LogP contribution in [0, 0.1) is 23.2 Å². The predicted molar refractivity (Wildman–Crippen MR) is 118 cm³/mol. The van der Waals surface area contributed by atoms with Gasteiger partial charge in [-0.1, -0.05) is 19.8 Å². The van der Waals surface area contributed by atoms with Crippen molar-refractivity contribution >= 4 is 21.6 Å². The van der Waals surface area contributed by atoms with E-state index < -0.39 is 10.0 Å². The zero-order valence-corrected chi connectivity index (χ0v) is 19.1. The van der Waals surface area contributed by atoms with Crippen molar-refractivity contribution in [1.29, 1.82) is 5.26 Å². The molecule has 0 spiro atoms. The zero-order valence-electron chi connectivity index (χ0n) is 18.3. The standard InChI is InChI=1S/C22H30N6O3S/c1-2-27-13-15-11-16(7-8-19(15)32(27,30)31)25-21-20-18(9-10-24-22(20)29)28(26-21)17-6-4-3-5-14(17)12-23/h7-8,11,14,17-18,20-21,25-26H,2-6,9-10,13H2,1H3,(H,24,29)/t14-,17+,18?,20?,21?/m1/s1. The Hall–Kier alpha value is -2.19. The Labute approximate surface area is 189 Å². The van der Waals surface area contributed by atoms with Crippen LogP contribution in [0.3, 0.4) is 0 Å². The summed E-state index contributed by atoms with van der Waals surface area (Å²) >= 11 is 0. The van der Waals surface area contributed by atoms with Crippen LogP contribution >= 0.6 is 0 Å². The molecule has 1 aromatic rings. The summed E-state index contributed by atoms with van der Waals surface area (Å²) in [6.07, 6.45) is 4.53. The quantitative estimate of drug-likeness (QED) is 0.623. The number of benzene rings is 1. The number of carbonyl (C=O) groups excluding carboxylic acids is 1. The first kappa shape index (κ1) is 21.6. The topological polar surface area (TPSA) is 118 Å². The van der Waals surface area contributed by atoms with Crippen LogP contribution < -0.4 is 16.1 Å². The normalized spacial score (nSPS) is 34.4. The lowest BCUT2D eigenvalue weighted by molar-refractivity contribution is -0.128. The van der Waals surface area contributed by atoms with E-state index >= 15 is 0 Å². The highest BCUT2D eigenvalue weighted by atomic mass is 32.2. The summed E-state index contributed by atoms with van der Waals surface area (Å²) in [6, 6.07) is 7.92. The molecule has 0 bridgehead atoms. The monoisotopic (exact) mass is 458 g/mol. The van der Waals surface area contributed by atoms with E-state index in [0.717, 1.165) is 43.4 Å². The molecule has 3 heterocycles. The van der Waals surface area contributed by atoms with Crippen molar-refractivity contribution in [2.24, 2.45) is 11.8 Å². The van der Waals surface area contributed by atoms with Crippen LogP contribution in [-0.2, 0) is 21.4 Å². The predicted octanol–water partition coefficient (Wildman–Crippen LogP) is 1.36. The second-order valence-electron chi connectivity index (χ2n) is 9.17. The summed E-state index contributed by atoms with van der Waals surface area (Å²) in [6.45, 7) is 3.27. The van der Waals surface area contributed by atoms with Crippen molar-refractivity contribution in [1.82, 2.24) is 20.1 Å². The molecule has 3 unspecified atom stereocenters. The van der Waals surface area contributed by atoms with Crippen LogP contribution in [0.5, 0.6) is 0 Å². The van der Waals surface area contributed by atoms with Crippen molar-refractivity contribution in [3.05, 3.63) is 23.8 Å². The lowest BCUT2D eigenvalue weighted by Gasteiger charge is -2.39. The molecule has 3 aliphatic heterocycles. The van der Waals surface area contributed by atoms with E-state index in [9.17, 15) is 18.5 Å². The number of amides is 1.